The molecule has 0 fully saturated rings. The van der Waals surface area contributed by atoms with Crippen LogP contribution in [0.5, 0.6) is 5.75 Å². The highest BCUT2D eigenvalue weighted by Gasteiger charge is 2.26. The van der Waals surface area contributed by atoms with Gasteiger partial charge in [0.05, 0.1) is 29.6 Å². The van der Waals surface area contributed by atoms with E-state index in [4.69, 9.17) is 16.3 Å². The van der Waals surface area contributed by atoms with Crippen LogP contribution in [0.4, 0.5) is 8.78 Å². The van der Waals surface area contributed by atoms with Crippen LogP contribution >= 0.6 is 11.6 Å². The smallest absolute Gasteiger partial charge is 0.342 e. The summed E-state index contributed by atoms with van der Waals surface area (Å²) in [4.78, 5) is 51.1. The number of rotatable bonds is 8. The molecule has 0 bridgehead atoms. The average molecular weight is 576 g/mol. The molecule has 0 aliphatic heterocycles. The number of hydrogen-bond acceptors (Lipinski definition) is 7. The third-order valence-electron chi connectivity index (χ3n) is 5.94. The molecule has 0 aliphatic rings. The molecular formula is C27H24ClF2N3O7. The van der Waals surface area contributed by atoms with E-state index in [-0.39, 0.29) is 40.5 Å². The normalized spacial score (nSPS) is 11.7. The molecule has 40 heavy (non-hydrogen) atoms. The Bertz CT molecular complexity index is 1750. The van der Waals surface area contributed by atoms with E-state index < -0.39 is 53.3 Å². The van der Waals surface area contributed by atoms with E-state index in [1.54, 1.807) is 0 Å². The predicted octanol–water partition coefficient (Wildman–Crippen LogP) is 2.96. The van der Waals surface area contributed by atoms with E-state index >= 15 is 0 Å². The Balaban J connectivity index is 1.66. The van der Waals surface area contributed by atoms with Crippen LogP contribution in [0.1, 0.15) is 41.0 Å². The van der Waals surface area contributed by atoms with Gasteiger partial charge in [-0.2, -0.15) is 0 Å². The molecule has 2 aromatic heterocycles. The molecule has 2 N–H and O–H groups in total. The Morgan fingerprint density at radius 1 is 1.00 bits per heavy atom. The second-order valence-electron chi connectivity index (χ2n) is 9.66. The summed E-state index contributed by atoms with van der Waals surface area (Å²) in [6.07, 6.45) is 0.968. The molecule has 0 saturated carbocycles. The lowest BCUT2D eigenvalue weighted by Crippen LogP contribution is -2.36. The summed E-state index contributed by atoms with van der Waals surface area (Å²) in [5.74, 6) is -3.30. The zero-order valence-electron chi connectivity index (χ0n) is 21.4. The SMILES string of the molecule is CC(C)(O)CC(=O)n1c(=O)n(C(=O)CO)c2cc(Cn3ccc(OCc4ccc(F)cc4F)c(Cl)c3=O)ccc21. The highest BCUT2D eigenvalue weighted by atomic mass is 35.5. The van der Waals surface area contributed by atoms with Gasteiger partial charge in [0.2, 0.25) is 5.91 Å². The van der Waals surface area contributed by atoms with Gasteiger partial charge in [-0.1, -0.05) is 17.7 Å². The maximum absolute atomic E-state index is 13.9. The molecule has 0 saturated heterocycles. The number of halogens is 3. The lowest BCUT2D eigenvalue weighted by atomic mass is 10.1. The molecule has 2 aromatic carbocycles. The van der Waals surface area contributed by atoms with E-state index in [9.17, 15) is 38.2 Å². The molecule has 0 spiro atoms. The number of aromatic nitrogens is 3. The first-order chi connectivity index (χ1) is 18.8. The second kappa shape index (κ2) is 11.2. The molecule has 0 unspecified atom stereocenters. The largest absolute Gasteiger partial charge is 0.487 e. The fourth-order valence-electron chi connectivity index (χ4n) is 4.10. The van der Waals surface area contributed by atoms with Gasteiger partial charge in [-0.15, -0.1) is 0 Å². The third kappa shape index (κ3) is 5.88. The Labute approximate surface area is 230 Å². The summed E-state index contributed by atoms with van der Waals surface area (Å²) in [7, 11) is 0. The summed E-state index contributed by atoms with van der Waals surface area (Å²) >= 11 is 6.20. The van der Waals surface area contributed by atoms with E-state index in [0.29, 0.717) is 16.2 Å². The summed E-state index contributed by atoms with van der Waals surface area (Å²) in [5, 5.41) is 19.1. The van der Waals surface area contributed by atoms with Gasteiger partial charge in [-0.3, -0.25) is 14.4 Å². The fourth-order valence-corrected chi connectivity index (χ4v) is 4.33. The lowest BCUT2D eigenvalue weighted by Gasteiger charge is -2.15. The first-order valence-electron chi connectivity index (χ1n) is 11.9. The van der Waals surface area contributed by atoms with Crippen molar-refractivity contribution in [2.75, 3.05) is 6.61 Å². The first-order valence-corrected chi connectivity index (χ1v) is 12.3. The summed E-state index contributed by atoms with van der Waals surface area (Å²) in [5.41, 5.74) is -2.47. The van der Waals surface area contributed by atoms with Gasteiger partial charge in [0.25, 0.3) is 11.5 Å². The molecule has 0 atom stereocenters. The second-order valence-corrected chi connectivity index (χ2v) is 10.0. The summed E-state index contributed by atoms with van der Waals surface area (Å²) in [6.45, 7) is 1.43. The Kier molecular flexibility index (Phi) is 8.05. The van der Waals surface area contributed by atoms with Crippen LogP contribution in [0.15, 0.2) is 58.3 Å². The number of nitrogens with zero attached hydrogens (tertiary/aromatic N) is 3. The van der Waals surface area contributed by atoms with E-state index in [1.807, 2.05) is 0 Å². The number of aliphatic hydroxyl groups excluding tert-OH is 1. The van der Waals surface area contributed by atoms with Crippen molar-refractivity contribution < 1.29 is 33.3 Å². The van der Waals surface area contributed by atoms with Gasteiger partial charge < -0.3 is 19.5 Å². The van der Waals surface area contributed by atoms with Crippen LogP contribution in [0, 0.1) is 11.6 Å². The zero-order chi connectivity index (χ0) is 29.4. The van der Waals surface area contributed by atoms with Crippen molar-refractivity contribution in [2.45, 2.75) is 39.0 Å². The Morgan fingerprint density at radius 3 is 2.35 bits per heavy atom. The van der Waals surface area contributed by atoms with Crippen molar-refractivity contribution in [3.8, 4) is 5.75 Å². The Hall–Kier alpha value is -4.13. The summed E-state index contributed by atoms with van der Waals surface area (Å²) < 4.78 is 35.1. The molecule has 2 heterocycles. The third-order valence-corrected chi connectivity index (χ3v) is 6.29. The number of fused-ring (bicyclic) bond motifs is 1. The van der Waals surface area contributed by atoms with Crippen LogP contribution in [-0.4, -0.2) is 47.9 Å². The molecule has 0 amide bonds. The van der Waals surface area contributed by atoms with Gasteiger partial charge in [0.1, 0.15) is 35.6 Å². The van der Waals surface area contributed by atoms with Crippen molar-refractivity contribution >= 4 is 34.4 Å². The average Bonchev–Trinajstić information content (AvgIpc) is 3.17. The number of imidazole rings is 1. The van der Waals surface area contributed by atoms with Crippen molar-refractivity contribution in [1.29, 1.82) is 0 Å². The molecule has 4 aromatic rings. The predicted molar refractivity (Wildman–Crippen MR) is 141 cm³/mol. The Morgan fingerprint density at radius 2 is 1.70 bits per heavy atom. The number of aliphatic hydroxyl groups is 2. The minimum atomic E-state index is -1.42. The van der Waals surface area contributed by atoms with Crippen LogP contribution in [0.2, 0.25) is 5.02 Å². The van der Waals surface area contributed by atoms with Gasteiger partial charge in [0.15, 0.2) is 0 Å². The minimum absolute atomic E-state index is 0.0195. The maximum atomic E-state index is 13.9. The molecular weight excluding hydrogens is 552 g/mol. The molecule has 0 radical (unpaired) electrons. The van der Waals surface area contributed by atoms with Crippen LogP contribution in [0.25, 0.3) is 11.0 Å². The van der Waals surface area contributed by atoms with E-state index in [1.165, 1.54) is 54.9 Å². The van der Waals surface area contributed by atoms with Gasteiger partial charge in [-0.25, -0.2) is 22.7 Å². The van der Waals surface area contributed by atoms with Crippen LogP contribution in [-0.2, 0) is 13.2 Å². The number of ether oxygens (including phenoxy) is 1. The molecule has 4 rings (SSSR count). The topological polar surface area (TPSA) is 133 Å². The monoisotopic (exact) mass is 575 g/mol. The summed E-state index contributed by atoms with van der Waals surface area (Å²) in [6, 6.07) is 8.75. The zero-order valence-corrected chi connectivity index (χ0v) is 22.1. The number of carbonyl (C=O) groups excluding carboxylic acids is 2. The van der Waals surface area contributed by atoms with Gasteiger partial charge in [0, 0.05) is 17.8 Å². The number of carbonyl (C=O) groups is 2. The van der Waals surface area contributed by atoms with E-state index in [0.717, 1.165) is 10.6 Å². The number of benzene rings is 2. The van der Waals surface area contributed by atoms with Gasteiger partial charge >= 0.3 is 5.69 Å². The quantitative estimate of drug-likeness (QED) is 0.330. The number of pyridine rings is 1. The minimum Gasteiger partial charge on any atom is -0.487 e. The number of hydrogen-bond donors (Lipinski definition) is 2. The van der Waals surface area contributed by atoms with Crippen molar-refractivity contribution in [3.63, 3.8) is 0 Å². The standard InChI is InChI=1S/C27H24ClF2N3O7/c1-27(2,39)11-22(35)32-19-6-3-15(9-20(19)33(26(32)38)23(36)13-34)12-31-8-7-21(24(28)25(31)37)40-14-16-4-5-17(29)10-18(16)30/h3-10,34,39H,11-14H2,1-2H3. The fraction of sp³-hybridized carbons (Fsp3) is 0.259. The van der Waals surface area contributed by atoms with Gasteiger partial charge in [-0.05, 0) is 49.7 Å². The van der Waals surface area contributed by atoms with Crippen molar-refractivity contribution in [2.24, 2.45) is 0 Å². The van der Waals surface area contributed by atoms with Crippen molar-refractivity contribution in [1.82, 2.24) is 13.7 Å². The highest BCUT2D eigenvalue weighted by molar-refractivity contribution is 6.31. The highest BCUT2D eigenvalue weighted by Crippen LogP contribution is 2.23. The lowest BCUT2D eigenvalue weighted by molar-refractivity contribution is 0.0530. The van der Waals surface area contributed by atoms with E-state index in [2.05, 4.69) is 0 Å². The molecule has 13 heteroatoms. The van der Waals surface area contributed by atoms with Crippen molar-refractivity contribution in [3.05, 3.63) is 97.3 Å². The van der Waals surface area contributed by atoms with Crippen LogP contribution in [0.3, 0.4) is 0 Å². The maximum Gasteiger partial charge on any atom is 0.342 e. The molecule has 210 valence electrons. The molecule has 0 aliphatic carbocycles. The van der Waals surface area contributed by atoms with Crippen LogP contribution < -0.4 is 16.0 Å². The first kappa shape index (κ1) is 28.9. The molecule has 10 nitrogen and oxygen atoms in total.